The van der Waals surface area contributed by atoms with Gasteiger partial charge in [0.25, 0.3) is 0 Å². The number of hydrogen-bond acceptors (Lipinski definition) is 4. The van der Waals surface area contributed by atoms with Crippen molar-refractivity contribution in [2.45, 2.75) is 12.3 Å². The molecule has 1 rings (SSSR count). The Morgan fingerprint density at radius 2 is 2.25 bits per heavy atom. The predicted octanol–water partition coefficient (Wildman–Crippen LogP) is 2.86. The van der Waals surface area contributed by atoms with Gasteiger partial charge in [0.1, 0.15) is 0 Å². The zero-order chi connectivity index (χ0) is 12.0. The Morgan fingerprint density at radius 3 is 2.81 bits per heavy atom. The second-order valence-corrected chi connectivity index (χ2v) is 3.51. The molecule has 0 saturated heterocycles. The van der Waals surface area contributed by atoms with E-state index in [0.29, 0.717) is 11.9 Å². The molecule has 0 aromatic heterocycles. The van der Waals surface area contributed by atoms with Crippen molar-refractivity contribution in [3.63, 3.8) is 0 Å². The molecule has 0 aliphatic rings. The Kier molecular flexibility index (Phi) is 5.21. The Hall–Kier alpha value is -1.14. The van der Waals surface area contributed by atoms with Gasteiger partial charge >= 0.3 is 5.69 Å². The van der Waals surface area contributed by atoms with Crippen LogP contribution in [0.4, 0.5) is 5.69 Å². The van der Waals surface area contributed by atoms with E-state index in [0.717, 1.165) is 5.56 Å². The molecule has 0 N–H and O–H groups in total. The first kappa shape index (κ1) is 12.9. The molecule has 16 heavy (non-hydrogen) atoms. The number of nitro benzene ring substituents is 1. The van der Waals surface area contributed by atoms with Crippen LogP contribution in [0.2, 0.25) is 0 Å². The zero-order valence-electron chi connectivity index (χ0n) is 8.81. The molecule has 1 aromatic rings. The van der Waals surface area contributed by atoms with Crippen LogP contribution in [0.25, 0.3) is 0 Å². The van der Waals surface area contributed by atoms with Gasteiger partial charge in [0.15, 0.2) is 12.5 Å². The molecule has 0 saturated carbocycles. The molecule has 0 bridgehead atoms. The third kappa shape index (κ3) is 3.46. The van der Waals surface area contributed by atoms with Crippen LogP contribution in [0.1, 0.15) is 12.5 Å². The van der Waals surface area contributed by atoms with E-state index in [1.54, 1.807) is 12.1 Å². The average molecular weight is 290 g/mol. The van der Waals surface area contributed by atoms with Crippen LogP contribution in [-0.2, 0) is 10.1 Å². The zero-order valence-corrected chi connectivity index (χ0v) is 10.4. The summed E-state index contributed by atoms with van der Waals surface area (Å²) in [6.07, 6.45) is 0. The summed E-state index contributed by atoms with van der Waals surface area (Å²) in [5, 5.41) is 11.4. The smallest absolute Gasteiger partial charge is 0.311 e. The van der Waals surface area contributed by atoms with Gasteiger partial charge in [-0.2, -0.15) is 0 Å². The molecule has 5 nitrogen and oxygen atoms in total. The van der Waals surface area contributed by atoms with Crippen LogP contribution in [0, 0.1) is 10.1 Å². The largest absolute Gasteiger partial charge is 0.460 e. The van der Waals surface area contributed by atoms with E-state index in [-0.39, 0.29) is 18.2 Å². The van der Waals surface area contributed by atoms with Gasteiger partial charge in [-0.25, -0.2) is 0 Å². The van der Waals surface area contributed by atoms with Crippen molar-refractivity contribution in [2.24, 2.45) is 0 Å². The second-order valence-electron chi connectivity index (χ2n) is 2.95. The molecule has 0 amide bonds. The maximum Gasteiger partial charge on any atom is 0.311 e. The van der Waals surface area contributed by atoms with E-state index in [9.17, 15) is 10.1 Å². The molecular weight excluding hydrogens is 278 g/mol. The highest BCUT2D eigenvalue weighted by Gasteiger charge is 2.15. The number of nitrogens with zero attached hydrogens (tertiary/aromatic N) is 1. The molecule has 6 heteroatoms. The van der Waals surface area contributed by atoms with Gasteiger partial charge in [0.2, 0.25) is 0 Å². The number of alkyl halides is 1. The van der Waals surface area contributed by atoms with Crippen molar-refractivity contribution >= 4 is 21.6 Å². The third-order valence-electron chi connectivity index (χ3n) is 1.88. The van der Waals surface area contributed by atoms with E-state index in [2.05, 4.69) is 15.9 Å². The minimum absolute atomic E-state index is 0.0188. The van der Waals surface area contributed by atoms with E-state index in [1.807, 2.05) is 6.92 Å². The topological polar surface area (TPSA) is 61.6 Å². The third-order valence-corrected chi connectivity index (χ3v) is 2.52. The first-order chi connectivity index (χ1) is 7.69. The summed E-state index contributed by atoms with van der Waals surface area (Å²) in [6, 6.07) is 4.83. The molecule has 1 aromatic carbocycles. The molecule has 0 heterocycles. The van der Waals surface area contributed by atoms with Crippen molar-refractivity contribution in [1.82, 2.24) is 0 Å². The van der Waals surface area contributed by atoms with Gasteiger partial charge in [0, 0.05) is 18.0 Å². The van der Waals surface area contributed by atoms with Gasteiger partial charge in [0.05, 0.1) is 4.92 Å². The number of nitro groups is 1. The minimum Gasteiger partial charge on any atom is -0.460 e. The molecule has 88 valence electrons. The predicted molar refractivity (Wildman–Crippen MR) is 62.8 cm³/mol. The van der Waals surface area contributed by atoms with Crippen LogP contribution in [0.3, 0.4) is 0 Å². The summed E-state index contributed by atoms with van der Waals surface area (Å²) in [4.78, 5) is 10.3. The fraction of sp³-hybridized carbons (Fsp3) is 0.400. The lowest BCUT2D eigenvalue weighted by Crippen LogP contribution is -2.04. The average Bonchev–Trinajstić information content (AvgIpc) is 2.29. The van der Waals surface area contributed by atoms with Crippen molar-refractivity contribution in [3.8, 4) is 5.75 Å². The SMILES string of the molecule is CCOCOc1ccc(CBr)cc1[N+](=O)[O-]. The highest BCUT2D eigenvalue weighted by molar-refractivity contribution is 9.08. The molecule has 0 atom stereocenters. The summed E-state index contributed by atoms with van der Waals surface area (Å²) in [5.74, 6) is 0.225. The molecule has 0 radical (unpaired) electrons. The van der Waals surface area contributed by atoms with Crippen molar-refractivity contribution in [3.05, 3.63) is 33.9 Å². The fourth-order valence-electron chi connectivity index (χ4n) is 1.10. The summed E-state index contributed by atoms with van der Waals surface area (Å²) in [5.41, 5.74) is 0.784. The van der Waals surface area contributed by atoms with Gasteiger partial charge in [-0.3, -0.25) is 10.1 Å². The molecule has 0 fully saturated rings. The van der Waals surface area contributed by atoms with Crippen LogP contribution in [-0.4, -0.2) is 18.3 Å². The Bertz CT molecular complexity index is 370. The lowest BCUT2D eigenvalue weighted by Gasteiger charge is -2.07. The highest BCUT2D eigenvalue weighted by Crippen LogP contribution is 2.28. The van der Waals surface area contributed by atoms with Crippen LogP contribution in [0.15, 0.2) is 18.2 Å². The minimum atomic E-state index is -0.465. The van der Waals surface area contributed by atoms with Gasteiger partial charge in [-0.05, 0) is 18.6 Å². The summed E-state index contributed by atoms with van der Waals surface area (Å²) < 4.78 is 10.1. The van der Waals surface area contributed by atoms with E-state index < -0.39 is 4.92 Å². The van der Waals surface area contributed by atoms with Gasteiger partial charge < -0.3 is 9.47 Å². The summed E-state index contributed by atoms with van der Waals surface area (Å²) >= 11 is 3.24. The van der Waals surface area contributed by atoms with Crippen LogP contribution in [0.5, 0.6) is 5.75 Å². The monoisotopic (exact) mass is 289 g/mol. The number of benzene rings is 1. The van der Waals surface area contributed by atoms with E-state index in [4.69, 9.17) is 9.47 Å². The number of rotatable bonds is 6. The first-order valence-electron chi connectivity index (χ1n) is 4.72. The standard InChI is InChI=1S/C10H12BrNO4/c1-2-15-7-16-10-4-3-8(6-11)5-9(10)12(13)14/h3-5H,2,6-7H2,1H3. The fourth-order valence-corrected chi connectivity index (χ4v) is 1.45. The lowest BCUT2D eigenvalue weighted by molar-refractivity contribution is -0.386. The van der Waals surface area contributed by atoms with Gasteiger partial charge in [-0.1, -0.05) is 22.0 Å². The quantitative estimate of drug-likeness (QED) is 0.266. The molecular formula is C10H12BrNO4. The molecule has 0 spiro atoms. The highest BCUT2D eigenvalue weighted by atomic mass is 79.9. The number of ether oxygens (including phenoxy) is 2. The lowest BCUT2D eigenvalue weighted by atomic mass is 10.2. The normalized spacial score (nSPS) is 10.1. The summed E-state index contributed by atoms with van der Waals surface area (Å²) in [6.45, 7) is 2.35. The van der Waals surface area contributed by atoms with Crippen molar-refractivity contribution < 1.29 is 14.4 Å². The first-order valence-corrected chi connectivity index (χ1v) is 5.85. The van der Waals surface area contributed by atoms with E-state index >= 15 is 0 Å². The number of halogens is 1. The van der Waals surface area contributed by atoms with Crippen LogP contribution < -0.4 is 4.74 Å². The number of hydrogen-bond donors (Lipinski definition) is 0. The Balaban J connectivity index is 2.85. The van der Waals surface area contributed by atoms with Crippen LogP contribution >= 0.6 is 15.9 Å². The van der Waals surface area contributed by atoms with Crippen molar-refractivity contribution in [2.75, 3.05) is 13.4 Å². The molecule has 0 aliphatic carbocycles. The molecule has 0 aliphatic heterocycles. The maximum atomic E-state index is 10.8. The Morgan fingerprint density at radius 1 is 1.50 bits per heavy atom. The Labute approximate surface area is 102 Å². The second kappa shape index (κ2) is 6.44. The summed E-state index contributed by atoms with van der Waals surface area (Å²) in [7, 11) is 0. The van der Waals surface area contributed by atoms with E-state index in [1.165, 1.54) is 6.07 Å². The van der Waals surface area contributed by atoms with Crippen molar-refractivity contribution in [1.29, 1.82) is 0 Å². The molecule has 0 unspecified atom stereocenters. The van der Waals surface area contributed by atoms with Gasteiger partial charge in [-0.15, -0.1) is 0 Å². The maximum absolute atomic E-state index is 10.8.